The van der Waals surface area contributed by atoms with E-state index in [2.05, 4.69) is 31.0 Å². The van der Waals surface area contributed by atoms with E-state index in [0.29, 0.717) is 5.82 Å². The van der Waals surface area contributed by atoms with E-state index in [1.54, 1.807) is 11.9 Å². The monoisotopic (exact) mass is 320 g/mol. The van der Waals surface area contributed by atoms with E-state index in [-0.39, 0.29) is 5.91 Å². The Morgan fingerprint density at radius 3 is 2.70 bits per heavy atom. The average Bonchev–Trinajstić information content (AvgIpc) is 2.93. The molecule has 2 aromatic rings. The maximum atomic E-state index is 13.3. The molecule has 2 heterocycles. The SMILES string of the molecule is [B]c1ccc([C@@]2(C)NC(=C)N(C)C(=O)C23Cc2ccccc23)s1. The maximum absolute atomic E-state index is 13.3. The van der Waals surface area contributed by atoms with Crippen LogP contribution in [0.4, 0.5) is 0 Å². The minimum absolute atomic E-state index is 0.0921. The standard InChI is InChI=1S/C18H17BN2OS/c1-11-20-17(2,14-8-9-15(19)23-14)18(16(22)21(11)3)10-12-6-4-5-7-13(12)18/h4-9,20H,1,10H2,2-3H3/t17-,18?/m1/s1. The first-order valence-corrected chi connectivity index (χ1v) is 8.41. The van der Waals surface area contributed by atoms with Crippen molar-refractivity contribution < 1.29 is 4.79 Å². The molecule has 4 rings (SSSR count). The third-order valence-corrected chi connectivity index (χ3v) is 6.51. The first kappa shape index (κ1) is 14.6. The third-order valence-electron chi connectivity index (χ3n) is 5.37. The highest BCUT2D eigenvalue weighted by Crippen LogP contribution is 2.56. The topological polar surface area (TPSA) is 32.3 Å². The van der Waals surface area contributed by atoms with Crippen LogP contribution in [0, 0.1) is 0 Å². The van der Waals surface area contributed by atoms with E-state index in [1.165, 1.54) is 16.9 Å². The lowest BCUT2D eigenvalue weighted by atomic mass is 9.52. The number of thiophene rings is 1. The van der Waals surface area contributed by atoms with Crippen molar-refractivity contribution in [2.24, 2.45) is 0 Å². The first-order chi connectivity index (χ1) is 10.9. The summed E-state index contributed by atoms with van der Waals surface area (Å²) in [6.07, 6.45) is 0.723. The van der Waals surface area contributed by atoms with E-state index in [9.17, 15) is 4.79 Å². The van der Waals surface area contributed by atoms with Gasteiger partial charge in [0.2, 0.25) is 5.91 Å². The minimum atomic E-state index is -0.614. The number of hydrogen-bond donors (Lipinski definition) is 1. The van der Waals surface area contributed by atoms with Crippen LogP contribution < -0.4 is 10.1 Å². The molecule has 0 saturated carbocycles. The zero-order valence-corrected chi connectivity index (χ0v) is 14.0. The van der Waals surface area contributed by atoms with Gasteiger partial charge in [-0.25, -0.2) is 0 Å². The summed E-state index contributed by atoms with van der Waals surface area (Å²) in [6, 6.07) is 12.1. The first-order valence-electron chi connectivity index (χ1n) is 7.59. The van der Waals surface area contributed by atoms with Crippen LogP contribution in [0.15, 0.2) is 48.8 Å². The van der Waals surface area contributed by atoms with Gasteiger partial charge in [0.05, 0.1) is 5.54 Å². The fraction of sp³-hybridized carbons (Fsp3) is 0.278. The Morgan fingerprint density at radius 2 is 2.04 bits per heavy atom. The molecule has 1 unspecified atom stereocenters. The fourth-order valence-corrected chi connectivity index (χ4v) is 4.95. The van der Waals surface area contributed by atoms with Gasteiger partial charge in [0.15, 0.2) is 0 Å². The van der Waals surface area contributed by atoms with E-state index in [1.807, 2.05) is 24.3 Å². The van der Waals surface area contributed by atoms with Gasteiger partial charge in [0, 0.05) is 11.9 Å². The average molecular weight is 320 g/mol. The molecule has 1 fully saturated rings. The Balaban J connectivity index is 1.96. The third kappa shape index (κ3) is 1.63. The zero-order valence-electron chi connectivity index (χ0n) is 13.2. The van der Waals surface area contributed by atoms with Gasteiger partial charge in [-0.05, 0) is 35.3 Å². The number of likely N-dealkylation sites (N-methyl/N-ethyl adjacent to an activating group) is 1. The molecule has 1 aromatic heterocycles. The number of amides is 1. The van der Waals surface area contributed by atoms with Crippen molar-refractivity contribution in [2.45, 2.75) is 24.3 Å². The number of benzene rings is 1. The Hall–Kier alpha value is -2.01. The predicted octanol–water partition coefficient (Wildman–Crippen LogP) is 1.78. The van der Waals surface area contributed by atoms with Crippen LogP contribution in [0.3, 0.4) is 0 Å². The Kier molecular flexibility index (Phi) is 2.86. The number of rotatable bonds is 1. The van der Waals surface area contributed by atoms with Crippen LogP contribution in [0.1, 0.15) is 22.9 Å². The highest BCUT2D eigenvalue weighted by Gasteiger charge is 2.65. The highest BCUT2D eigenvalue weighted by atomic mass is 32.1. The van der Waals surface area contributed by atoms with Gasteiger partial charge in [-0.15, -0.1) is 0 Å². The second-order valence-electron chi connectivity index (χ2n) is 6.50. The molecule has 1 N–H and O–H groups in total. The zero-order chi connectivity index (χ0) is 16.4. The van der Waals surface area contributed by atoms with Crippen molar-refractivity contribution >= 4 is 29.9 Å². The van der Waals surface area contributed by atoms with E-state index >= 15 is 0 Å². The largest absolute Gasteiger partial charge is 0.360 e. The van der Waals surface area contributed by atoms with Crippen LogP contribution in [-0.2, 0) is 22.2 Å². The molecule has 2 atom stereocenters. The van der Waals surface area contributed by atoms with Crippen molar-refractivity contribution in [1.82, 2.24) is 10.2 Å². The van der Waals surface area contributed by atoms with Gasteiger partial charge in [-0.2, -0.15) is 11.3 Å². The van der Waals surface area contributed by atoms with Crippen molar-refractivity contribution in [3.05, 3.63) is 64.8 Å². The van der Waals surface area contributed by atoms with Gasteiger partial charge in [0.25, 0.3) is 0 Å². The van der Waals surface area contributed by atoms with Crippen molar-refractivity contribution in [2.75, 3.05) is 7.05 Å². The van der Waals surface area contributed by atoms with Gasteiger partial charge >= 0.3 is 0 Å². The Bertz CT molecular complexity index is 845. The molecule has 0 bridgehead atoms. The molecule has 1 aromatic carbocycles. The summed E-state index contributed by atoms with van der Waals surface area (Å²) in [5, 5.41) is 3.50. The van der Waals surface area contributed by atoms with E-state index < -0.39 is 11.0 Å². The van der Waals surface area contributed by atoms with Crippen LogP contribution in [0.25, 0.3) is 0 Å². The summed E-state index contributed by atoms with van der Waals surface area (Å²) < 4.78 is 0.753. The Morgan fingerprint density at radius 1 is 1.30 bits per heavy atom. The smallest absolute Gasteiger partial charge is 0.241 e. The molecular weight excluding hydrogens is 303 g/mol. The molecule has 23 heavy (non-hydrogen) atoms. The molecule has 114 valence electrons. The molecule has 3 nitrogen and oxygen atoms in total. The molecule has 2 radical (unpaired) electrons. The molecule has 5 heteroatoms. The molecule has 1 saturated heterocycles. The maximum Gasteiger partial charge on any atom is 0.241 e. The number of fused-ring (bicyclic) bond motifs is 2. The lowest BCUT2D eigenvalue weighted by Crippen LogP contribution is -2.72. The minimum Gasteiger partial charge on any atom is -0.360 e. The normalized spacial score (nSPS) is 29.2. The van der Waals surface area contributed by atoms with Crippen molar-refractivity contribution in [3.63, 3.8) is 0 Å². The second kappa shape index (κ2) is 4.51. The number of nitrogens with one attached hydrogen (secondary N) is 1. The van der Waals surface area contributed by atoms with Crippen molar-refractivity contribution in [3.8, 4) is 0 Å². The van der Waals surface area contributed by atoms with Crippen LogP contribution >= 0.6 is 11.3 Å². The summed E-state index contributed by atoms with van der Waals surface area (Å²) in [7, 11) is 7.74. The Labute approximate surface area is 141 Å². The fourth-order valence-electron chi connectivity index (χ4n) is 4.00. The molecule has 1 amide bonds. The van der Waals surface area contributed by atoms with Gasteiger partial charge in [0.1, 0.15) is 19.1 Å². The quantitative estimate of drug-likeness (QED) is 0.813. The molecule has 1 spiro atoms. The summed E-state index contributed by atoms with van der Waals surface area (Å²) >= 11 is 1.53. The number of carbonyl (C=O) groups is 1. The molecule has 1 aliphatic carbocycles. The molecule has 2 aliphatic rings. The lowest BCUT2D eigenvalue weighted by Gasteiger charge is -2.59. The van der Waals surface area contributed by atoms with Crippen LogP contribution in [-0.4, -0.2) is 25.7 Å². The van der Waals surface area contributed by atoms with Gasteiger partial charge < -0.3 is 10.2 Å². The summed E-state index contributed by atoms with van der Waals surface area (Å²) in [4.78, 5) is 16.0. The van der Waals surface area contributed by atoms with Gasteiger partial charge in [-0.1, -0.05) is 36.9 Å². The van der Waals surface area contributed by atoms with Crippen LogP contribution in [0.5, 0.6) is 0 Å². The van der Waals surface area contributed by atoms with Crippen LogP contribution in [0.2, 0.25) is 0 Å². The molecule has 1 aliphatic heterocycles. The number of hydrogen-bond acceptors (Lipinski definition) is 3. The van der Waals surface area contributed by atoms with Gasteiger partial charge in [-0.3, -0.25) is 4.79 Å². The second-order valence-corrected chi connectivity index (χ2v) is 7.62. The molecular formula is C18H17BN2OS. The van der Waals surface area contributed by atoms with Crippen molar-refractivity contribution in [1.29, 1.82) is 0 Å². The van der Waals surface area contributed by atoms with E-state index in [4.69, 9.17) is 7.85 Å². The van der Waals surface area contributed by atoms with E-state index in [0.717, 1.165) is 21.6 Å². The lowest BCUT2D eigenvalue weighted by molar-refractivity contribution is -0.143. The highest BCUT2D eigenvalue weighted by molar-refractivity contribution is 7.20. The number of nitrogens with zero attached hydrogens (tertiary/aromatic N) is 1. The summed E-state index contributed by atoms with van der Waals surface area (Å²) in [6.45, 7) is 6.11. The summed E-state index contributed by atoms with van der Waals surface area (Å²) in [5.74, 6) is 0.717. The number of carbonyl (C=O) groups excluding carboxylic acids is 1. The predicted molar refractivity (Wildman–Crippen MR) is 93.9 cm³/mol. The summed E-state index contributed by atoms with van der Waals surface area (Å²) in [5.41, 5.74) is 1.17.